The van der Waals surface area contributed by atoms with Gasteiger partial charge < -0.3 is 15.7 Å². The predicted octanol–water partition coefficient (Wildman–Crippen LogP) is 3.42. The molecule has 3 N–H and O–H groups in total. The molecule has 1 saturated heterocycles. The second-order valence-corrected chi connectivity index (χ2v) is 11.6. The molecule has 5 aliphatic rings. The quantitative estimate of drug-likeness (QED) is 0.484. The van der Waals surface area contributed by atoms with Crippen molar-refractivity contribution in [1.29, 1.82) is 0 Å². The van der Waals surface area contributed by atoms with Crippen molar-refractivity contribution >= 4 is 23.4 Å². The third kappa shape index (κ3) is 4.35. The fourth-order valence-electron chi connectivity index (χ4n) is 8.22. The topological polar surface area (TPSA) is 113 Å². The minimum absolute atomic E-state index is 0.0684. The Labute approximate surface area is 212 Å². The van der Waals surface area contributed by atoms with Crippen molar-refractivity contribution in [1.82, 2.24) is 10.6 Å². The van der Waals surface area contributed by atoms with E-state index in [4.69, 9.17) is 0 Å². The number of rotatable bonds is 1. The van der Waals surface area contributed by atoms with E-state index in [0.29, 0.717) is 61.7 Å². The summed E-state index contributed by atoms with van der Waals surface area (Å²) in [4.78, 5) is 51.1. The molecule has 194 valence electrons. The lowest BCUT2D eigenvalue weighted by molar-refractivity contribution is -0.131. The number of aliphatic hydroxyl groups excluding tert-OH is 1. The average molecular weight is 495 g/mol. The van der Waals surface area contributed by atoms with Gasteiger partial charge in [-0.05, 0) is 85.7 Å². The van der Waals surface area contributed by atoms with Gasteiger partial charge in [-0.2, -0.15) is 0 Å². The Morgan fingerprint density at radius 3 is 2.67 bits per heavy atom. The monoisotopic (exact) mass is 494 g/mol. The zero-order valence-corrected chi connectivity index (χ0v) is 21.2. The number of hydrogen-bond acceptors (Lipinski definition) is 5. The van der Waals surface area contributed by atoms with E-state index >= 15 is 0 Å². The van der Waals surface area contributed by atoms with Crippen molar-refractivity contribution in [2.24, 2.45) is 47.3 Å². The highest BCUT2D eigenvalue weighted by molar-refractivity contribution is 6.27. The molecule has 0 aromatic rings. The van der Waals surface area contributed by atoms with Gasteiger partial charge in [0.15, 0.2) is 5.78 Å². The molecule has 3 saturated carbocycles. The van der Waals surface area contributed by atoms with Crippen LogP contribution in [0.4, 0.5) is 0 Å². The molecule has 0 aromatic carbocycles. The van der Waals surface area contributed by atoms with Gasteiger partial charge in [0.05, 0.1) is 6.04 Å². The van der Waals surface area contributed by atoms with E-state index in [1.165, 1.54) is 12.5 Å². The second kappa shape index (κ2) is 9.98. The number of carbonyl (C=O) groups is 4. The normalized spacial score (nSPS) is 41.1. The van der Waals surface area contributed by atoms with Crippen molar-refractivity contribution in [3.05, 3.63) is 35.6 Å². The molecule has 0 spiro atoms. The van der Waals surface area contributed by atoms with Crippen molar-refractivity contribution in [3.63, 3.8) is 0 Å². The van der Waals surface area contributed by atoms with E-state index in [1.54, 1.807) is 6.08 Å². The summed E-state index contributed by atoms with van der Waals surface area (Å²) in [5.41, 5.74) is -0.210. The number of nitrogens with one attached hydrogen (secondary N) is 2. The van der Waals surface area contributed by atoms with Crippen LogP contribution in [0.2, 0.25) is 0 Å². The predicted molar refractivity (Wildman–Crippen MR) is 134 cm³/mol. The van der Waals surface area contributed by atoms with Crippen LogP contribution in [0.25, 0.3) is 0 Å². The molecule has 0 radical (unpaired) electrons. The van der Waals surface area contributed by atoms with Crippen LogP contribution >= 0.6 is 0 Å². The molecule has 2 amide bonds. The molecule has 2 aliphatic heterocycles. The Morgan fingerprint density at radius 1 is 1.08 bits per heavy atom. The molecule has 0 aromatic heterocycles. The van der Waals surface area contributed by atoms with Crippen molar-refractivity contribution in [3.8, 4) is 0 Å². The zero-order valence-electron chi connectivity index (χ0n) is 21.2. The summed E-state index contributed by atoms with van der Waals surface area (Å²) >= 11 is 0. The van der Waals surface area contributed by atoms with Crippen LogP contribution in [-0.2, 0) is 19.2 Å². The number of ketones is 2. The van der Waals surface area contributed by atoms with Crippen molar-refractivity contribution in [2.75, 3.05) is 6.54 Å². The highest BCUT2D eigenvalue weighted by Crippen LogP contribution is 2.61. The Kier molecular flexibility index (Phi) is 6.92. The standard InChI is InChI=1S/C29H38N2O5/c1-3-16-12-18-13-20-19-6-4-8-24(34)30-11-5-7-21-28(35)27(29(36)31-21)22(32)10-9-17(19)14-23(33)26(20)25(18)15(16)2/h4,8-10,15-21,25-26,32H,3,5-7,11-14H2,1-2H3,(H,30,34)(H,31,36)/t15-,16?,17+,18+,19-,20+,21+,25+,26-/m1/s1. The third-order valence-electron chi connectivity index (χ3n) is 9.88. The number of aliphatic hydroxyl groups is 1. The molecule has 9 atom stereocenters. The molecule has 36 heavy (non-hydrogen) atoms. The number of allylic oxidation sites excluding steroid dienone is 3. The van der Waals surface area contributed by atoms with Crippen LogP contribution in [0.1, 0.15) is 58.8 Å². The van der Waals surface area contributed by atoms with Gasteiger partial charge in [0.1, 0.15) is 17.1 Å². The minimum atomic E-state index is -0.694. The van der Waals surface area contributed by atoms with Gasteiger partial charge >= 0.3 is 0 Å². The number of Topliss-reactive ketones (excluding diaryl/α,β-unsaturated/α-hetero) is 2. The van der Waals surface area contributed by atoms with Crippen LogP contribution in [-0.4, -0.2) is 41.1 Å². The van der Waals surface area contributed by atoms with E-state index in [9.17, 15) is 24.3 Å². The minimum Gasteiger partial charge on any atom is -0.507 e. The van der Waals surface area contributed by atoms with Crippen LogP contribution in [0.5, 0.6) is 0 Å². The molecule has 2 bridgehead atoms. The van der Waals surface area contributed by atoms with E-state index in [0.717, 1.165) is 12.8 Å². The maximum absolute atomic E-state index is 13.5. The smallest absolute Gasteiger partial charge is 0.259 e. The molecular formula is C29H38N2O5. The molecule has 4 fully saturated rings. The van der Waals surface area contributed by atoms with E-state index in [2.05, 4.69) is 24.5 Å². The molecule has 3 aliphatic carbocycles. The third-order valence-corrected chi connectivity index (χ3v) is 9.88. The fourth-order valence-corrected chi connectivity index (χ4v) is 8.22. The number of carbonyl (C=O) groups excluding carboxylic acids is 4. The summed E-state index contributed by atoms with van der Waals surface area (Å²) in [6, 6.07) is -0.694. The summed E-state index contributed by atoms with van der Waals surface area (Å²) in [6.45, 7) is 4.98. The summed E-state index contributed by atoms with van der Waals surface area (Å²) in [7, 11) is 0. The number of amides is 2. The maximum atomic E-state index is 13.5. The van der Waals surface area contributed by atoms with Gasteiger partial charge in [0.2, 0.25) is 5.91 Å². The highest BCUT2D eigenvalue weighted by Gasteiger charge is 2.58. The lowest BCUT2D eigenvalue weighted by Crippen LogP contribution is -2.41. The first-order chi connectivity index (χ1) is 17.3. The number of hydrogen-bond donors (Lipinski definition) is 3. The van der Waals surface area contributed by atoms with Crippen LogP contribution in [0.3, 0.4) is 0 Å². The van der Waals surface area contributed by atoms with Crippen LogP contribution < -0.4 is 10.6 Å². The van der Waals surface area contributed by atoms with Gasteiger partial charge in [-0.15, -0.1) is 0 Å². The maximum Gasteiger partial charge on any atom is 0.259 e. The van der Waals surface area contributed by atoms with Gasteiger partial charge in [-0.25, -0.2) is 0 Å². The Hall–Kier alpha value is -2.70. The van der Waals surface area contributed by atoms with Crippen LogP contribution in [0.15, 0.2) is 35.6 Å². The Balaban J connectivity index is 1.46. The van der Waals surface area contributed by atoms with E-state index in [1.807, 2.05) is 12.2 Å². The van der Waals surface area contributed by atoms with Crippen LogP contribution in [0, 0.1) is 47.3 Å². The first-order valence-electron chi connectivity index (χ1n) is 13.7. The summed E-state index contributed by atoms with van der Waals surface area (Å²) < 4.78 is 0. The fraction of sp³-hybridized carbons (Fsp3) is 0.655. The SMILES string of the molecule is CCC1C[C@H]2C[C@H]3[C@@H]4CC=CC(=O)NCCC[C@@H]5NC(=O)C(=C(O)C=C[C@H]4CC(=O)[C@@H]3[C@H]2[C@@H]1C)C5=O. The zero-order chi connectivity index (χ0) is 25.6. The van der Waals surface area contributed by atoms with Gasteiger partial charge in [-0.3, -0.25) is 19.2 Å². The summed E-state index contributed by atoms with van der Waals surface area (Å²) in [5.74, 6) is 1.45. The van der Waals surface area contributed by atoms with Crippen molar-refractivity contribution in [2.45, 2.75) is 64.8 Å². The second-order valence-electron chi connectivity index (χ2n) is 11.6. The lowest BCUT2D eigenvalue weighted by atomic mass is 9.63. The van der Waals surface area contributed by atoms with E-state index < -0.39 is 17.7 Å². The first-order valence-corrected chi connectivity index (χ1v) is 13.7. The number of fused-ring (bicyclic) bond motifs is 7. The van der Waals surface area contributed by atoms with Crippen molar-refractivity contribution < 1.29 is 24.3 Å². The van der Waals surface area contributed by atoms with Gasteiger partial charge in [0, 0.05) is 18.9 Å². The van der Waals surface area contributed by atoms with Gasteiger partial charge in [-0.1, -0.05) is 32.4 Å². The lowest BCUT2D eigenvalue weighted by Gasteiger charge is -2.40. The summed E-state index contributed by atoms with van der Waals surface area (Å²) in [6.07, 6.45) is 12.2. The molecule has 7 heteroatoms. The average Bonchev–Trinajstić information content (AvgIpc) is 3.46. The molecule has 7 nitrogen and oxygen atoms in total. The largest absolute Gasteiger partial charge is 0.507 e. The molecule has 2 heterocycles. The molecule has 5 rings (SSSR count). The Morgan fingerprint density at radius 2 is 1.89 bits per heavy atom. The Bertz CT molecular complexity index is 1040. The highest BCUT2D eigenvalue weighted by atomic mass is 16.3. The summed E-state index contributed by atoms with van der Waals surface area (Å²) in [5, 5.41) is 16.2. The molecular weight excluding hydrogens is 456 g/mol. The first kappa shape index (κ1) is 25.0. The van der Waals surface area contributed by atoms with Gasteiger partial charge in [0.25, 0.3) is 5.91 Å². The molecule has 1 unspecified atom stereocenters. The van der Waals surface area contributed by atoms with E-state index in [-0.39, 0.29) is 40.9 Å².